The molecule has 0 aliphatic carbocycles. The van der Waals surface area contributed by atoms with Gasteiger partial charge in [-0.25, -0.2) is 0 Å². The van der Waals surface area contributed by atoms with Gasteiger partial charge in [0.1, 0.15) is 12.3 Å². The lowest BCUT2D eigenvalue weighted by molar-refractivity contribution is -0.153. The zero-order chi connectivity index (χ0) is 18.1. The minimum Gasteiger partial charge on any atom is -0.493 e. The summed E-state index contributed by atoms with van der Waals surface area (Å²) in [6.07, 6.45) is -0.924. The minimum absolute atomic E-state index is 0.0478. The van der Waals surface area contributed by atoms with Gasteiger partial charge >= 0.3 is 5.97 Å². The maximum atomic E-state index is 12.1. The summed E-state index contributed by atoms with van der Waals surface area (Å²) in [4.78, 5) is 35.5. The van der Waals surface area contributed by atoms with Crippen molar-refractivity contribution in [2.75, 3.05) is 13.2 Å². The molecule has 1 rings (SSSR count). The predicted octanol–water partition coefficient (Wildman–Crippen LogP) is 1.27. The fraction of sp³-hybridized carbons (Fsp3) is 0.471. The number of nitrogens with one attached hydrogen (secondary N) is 2. The van der Waals surface area contributed by atoms with Gasteiger partial charge in [-0.2, -0.15) is 0 Å². The molecule has 0 saturated carbocycles. The van der Waals surface area contributed by atoms with Crippen molar-refractivity contribution in [2.45, 2.75) is 39.8 Å². The van der Waals surface area contributed by atoms with E-state index in [1.54, 1.807) is 24.3 Å². The van der Waals surface area contributed by atoms with Gasteiger partial charge in [0.15, 0.2) is 6.10 Å². The molecule has 1 atom stereocenters. The topological polar surface area (TPSA) is 93.7 Å². The van der Waals surface area contributed by atoms with E-state index in [-0.39, 0.29) is 18.5 Å². The van der Waals surface area contributed by atoms with Crippen LogP contribution in [0.15, 0.2) is 24.3 Å². The molecule has 7 nitrogen and oxygen atoms in total. The Balaban J connectivity index is 2.52. The Morgan fingerprint density at radius 1 is 1.12 bits per heavy atom. The summed E-state index contributed by atoms with van der Waals surface area (Å²) in [5.41, 5.74) is 0.331. The summed E-state index contributed by atoms with van der Waals surface area (Å²) < 4.78 is 10.3. The van der Waals surface area contributed by atoms with Crippen LogP contribution < -0.4 is 15.4 Å². The first-order chi connectivity index (χ1) is 11.3. The van der Waals surface area contributed by atoms with Crippen molar-refractivity contribution >= 4 is 17.8 Å². The highest BCUT2D eigenvalue weighted by molar-refractivity contribution is 5.98. The second kappa shape index (κ2) is 9.54. The second-order valence-electron chi connectivity index (χ2n) is 5.41. The Morgan fingerprint density at radius 2 is 1.79 bits per heavy atom. The van der Waals surface area contributed by atoms with E-state index < -0.39 is 18.0 Å². The number of carbonyl (C=O) groups excluding carboxylic acids is 3. The molecule has 1 unspecified atom stereocenters. The average Bonchev–Trinajstić information content (AvgIpc) is 2.52. The highest BCUT2D eigenvalue weighted by Gasteiger charge is 2.19. The van der Waals surface area contributed by atoms with Crippen LogP contribution in [0.2, 0.25) is 0 Å². The van der Waals surface area contributed by atoms with Gasteiger partial charge in [0, 0.05) is 6.04 Å². The van der Waals surface area contributed by atoms with Gasteiger partial charge < -0.3 is 20.1 Å². The highest BCUT2D eigenvalue weighted by atomic mass is 16.5. The summed E-state index contributed by atoms with van der Waals surface area (Å²) >= 11 is 0. The van der Waals surface area contributed by atoms with Gasteiger partial charge in [-0.1, -0.05) is 12.1 Å². The molecule has 0 aromatic heterocycles. The first-order valence-electron chi connectivity index (χ1n) is 7.85. The van der Waals surface area contributed by atoms with Crippen LogP contribution in [-0.4, -0.2) is 43.1 Å². The van der Waals surface area contributed by atoms with Crippen LogP contribution >= 0.6 is 0 Å². The first-order valence-corrected chi connectivity index (χ1v) is 7.85. The van der Waals surface area contributed by atoms with E-state index in [1.165, 1.54) is 6.92 Å². The van der Waals surface area contributed by atoms with Crippen molar-refractivity contribution < 1.29 is 23.9 Å². The predicted molar refractivity (Wildman–Crippen MR) is 88.8 cm³/mol. The fourth-order valence-corrected chi connectivity index (χ4v) is 1.88. The Labute approximate surface area is 141 Å². The third-order valence-corrected chi connectivity index (χ3v) is 2.93. The number of carbonyl (C=O) groups is 3. The number of para-hydroxylation sites is 1. The Bertz CT molecular complexity index is 586. The van der Waals surface area contributed by atoms with Gasteiger partial charge in [0.25, 0.3) is 11.8 Å². The normalized spacial score (nSPS) is 11.5. The van der Waals surface area contributed by atoms with Crippen LogP contribution in [-0.2, 0) is 14.3 Å². The molecular formula is C17H24N2O5. The van der Waals surface area contributed by atoms with Gasteiger partial charge in [0.2, 0.25) is 0 Å². The molecule has 7 heteroatoms. The lowest BCUT2D eigenvalue weighted by Gasteiger charge is -2.15. The largest absolute Gasteiger partial charge is 0.493 e. The number of amides is 2. The van der Waals surface area contributed by atoms with Crippen LogP contribution in [0.5, 0.6) is 5.75 Å². The summed E-state index contributed by atoms with van der Waals surface area (Å²) in [5, 5.41) is 5.10. The Morgan fingerprint density at radius 3 is 2.42 bits per heavy atom. The molecular weight excluding hydrogens is 312 g/mol. The van der Waals surface area contributed by atoms with E-state index in [4.69, 9.17) is 9.47 Å². The standard InChI is InChI=1S/C17H24N2O5/c1-5-23-14-9-7-6-8-13(14)17(22)18-10-15(20)24-12(4)16(21)19-11(2)3/h6-9,11-12H,5,10H2,1-4H3,(H,18,22)(H,19,21). The van der Waals surface area contributed by atoms with Crippen molar-refractivity contribution in [1.82, 2.24) is 10.6 Å². The van der Waals surface area contributed by atoms with Gasteiger partial charge in [0.05, 0.1) is 12.2 Å². The third-order valence-electron chi connectivity index (χ3n) is 2.93. The van der Waals surface area contributed by atoms with Crippen molar-refractivity contribution in [1.29, 1.82) is 0 Å². The number of hydrogen-bond donors (Lipinski definition) is 2. The number of rotatable bonds is 8. The fourth-order valence-electron chi connectivity index (χ4n) is 1.88. The molecule has 0 fully saturated rings. The molecule has 0 saturated heterocycles. The second-order valence-corrected chi connectivity index (χ2v) is 5.41. The molecule has 2 N–H and O–H groups in total. The molecule has 0 bridgehead atoms. The molecule has 2 amide bonds. The van der Waals surface area contributed by atoms with E-state index in [2.05, 4.69) is 10.6 Å². The SMILES string of the molecule is CCOc1ccccc1C(=O)NCC(=O)OC(C)C(=O)NC(C)C. The molecule has 0 aliphatic heterocycles. The van der Waals surface area contributed by atoms with Crippen LogP contribution in [0.1, 0.15) is 38.1 Å². The first kappa shape index (κ1) is 19.5. The van der Waals surface area contributed by atoms with Crippen molar-refractivity contribution in [2.24, 2.45) is 0 Å². The summed E-state index contributed by atoms with van der Waals surface area (Å²) in [6, 6.07) is 6.69. The molecule has 1 aromatic rings. The number of ether oxygens (including phenoxy) is 2. The number of esters is 1. The summed E-state index contributed by atoms with van der Waals surface area (Å²) in [6.45, 7) is 7.00. The molecule has 24 heavy (non-hydrogen) atoms. The monoisotopic (exact) mass is 336 g/mol. The van der Waals surface area contributed by atoms with Crippen LogP contribution in [0.3, 0.4) is 0 Å². The highest BCUT2D eigenvalue weighted by Crippen LogP contribution is 2.17. The van der Waals surface area contributed by atoms with Crippen molar-refractivity contribution in [3.05, 3.63) is 29.8 Å². The van der Waals surface area contributed by atoms with E-state index in [9.17, 15) is 14.4 Å². The van der Waals surface area contributed by atoms with Crippen molar-refractivity contribution in [3.63, 3.8) is 0 Å². The van der Waals surface area contributed by atoms with Gasteiger partial charge in [-0.15, -0.1) is 0 Å². The quantitative estimate of drug-likeness (QED) is 0.697. The molecule has 0 spiro atoms. The third kappa shape index (κ3) is 6.28. The number of hydrogen-bond acceptors (Lipinski definition) is 5. The summed E-state index contributed by atoms with van der Waals surface area (Å²) in [7, 11) is 0. The smallest absolute Gasteiger partial charge is 0.326 e. The maximum Gasteiger partial charge on any atom is 0.326 e. The molecule has 0 radical (unpaired) electrons. The molecule has 132 valence electrons. The van der Waals surface area contributed by atoms with Crippen LogP contribution in [0.25, 0.3) is 0 Å². The average molecular weight is 336 g/mol. The van der Waals surface area contributed by atoms with E-state index in [0.29, 0.717) is 17.9 Å². The minimum atomic E-state index is -0.924. The molecule has 1 aromatic carbocycles. The van der Waals surface area contributed by atoms with Crippen LogP contribution in [0, 0.1) is 0 Å². The summed E-state index contributed by atoms with van der Waals surface area (Å²) in [5.74, 6) is -1.08. The lowest BCUT2D eigenvalue weighted by Crippen LogP contribution is -2.41. The van der Waals surface area contributed by atoms with E-state index in [1.807, 2.05) is 20.8 Å². The maximum absolute atomic E-state index is 12.1. The Kier molecular flexibility index (Phi) is 7.74. The lowest BCUT2D eigenvalue weighted by atomic mass is 10.2. The molecule has 0 heterocycles. The van der Waals surface area contributed by atoms with E-state index in [0.717, 1.165) is 0 Å². The van der Waals surface area contributed by atoms with Crippen molar-refractivity contribution in [3.8, 4) is 5.75 Å². The Hall–Kier alpha value is -2.57. The van der Waals surface area contributed by atoms with Gasteiger partial charge in [-0.3, -0.25) is 14.4 Å². The molecule has 0 aliphatic rings. The van der Waals surface area contributed by atoms with E-state index >= 15 is 0 Å². The van der Waals surface area contributed by atoms with Gasteiger partial charge in [-0.05, 0) is 39.8 Å². The zero-order valence-corrected chi connectivity index (χ0v) is 14.4. The van der Waals surface area contributed by atoms with Crippen LogP contribution in [0.4, 0.5) is 0 Å². The zero-order valence-electron chi connectivity index (χ0n) is 14.4. The number of benzene rings is 1.